The lowest BCUT2D eigenvalue weighted by Gasteiger charge is -2.33. The zero-order valence-electron chi connectivity index (χ0n) is 11.9. The molecule has 0 N–H and O–H groups in total. The number of unbranched alkanes of at least 4 members (excludes halogenated alkanes) is 4. The molecule has 17 heavy (non-hydrogen) atoms. The number of hydrogen-bond acceptors (Lipinski definition) is 0. The van der Waals surface area contributed by atoms with Crippen LogP contribution in [-0.2, 0) is 0 Å². The second-order valence-electron chi connectivity index (χ2n) is 5.95. The molecule has 0 nitrogen and oxygen atoms in total. The highest BCUT2D eigenvalue weighted by Gasteiger charge is 2.27. The Labute approximate surface area is 117 Å². The third kappa shape index (κ3) is 6.27. The molecule has 0 aromatic carbocycles. The van der Waals surface area contributed by atoms with Gasteiger partial charge in [0, 0.05) is 4.83 Å². The summed E-state index contributed by atoms with van der Waals surface area (Å²) < 4.78 is 0. The van der Waals surface area contributed by atoms with Crippen LogP contribution in [0, 0.1) is 11.8 Å². The van der Waals surface area contributed by atoms with E-state index in [-0.39, 0.29) is 0 Å². The average Bonchev–Trinajstić information content (AvgIpc) is 2.33. The van der Waals surface area contributed by atoms with Crippen molar-refractivity contribution in [1.82, 2.24) is 0 Å². The van der Waals surface area contributed by atoms with Crippen molar-refractivity contribution in [2.45, 2.75) is 89.3 Å². The highest BCUT2D eigenvalue weighted by atomic mass is 79.9. The predicted molar refractivity (Wildman–Crippen MR) is 81.8 cm³/mol. The molecule has 1 aliphatic carbocycles. The molecule has 0 heterocycles. The van der Waals surface area contributed by atoms with Gasteiger partial charge in [0.15, 0.2) is 0 Å². The van der Waals surface area contributed by atoms with Gasteiger partial charge in [-0.3, -0.25) is 0 Å². The van der Waals surface area contributed by atoms with E-state index in [0.717, 1.165) is 16.7 Å². The Balaban J connectivity index is 2.15. The van der Waals surface area contributed by atoms with Gasteiger partial charge in [-0.2, -0.15) is 0 Å². The Hall–Kier alpha value is 0.480. The van der Waals surface area contributed by atoms with Crippen LogP contribution in [0.5, 0.6) is 0 Å². The van der Waals surface area contributed by atoms with Crippen molar-refractivity contribution < 1.29 is 0 Å². The molecule has 0 aliphatic heterocycles. The molecule has 0 bridgehead atoms. The largest absolute Gasteiger partial charge is 0.0888 e. The quantitative estimate of drug-likeness (QED) is 0.363. The van der Waals surface area contributed by atoms with E-state index in [1.54, 1.807) is 0 Å². The lowest BCUT2D eigenvalue weighted by atomic mass is 9.77. The highest BCUT2D eigenvalue weighted by Crippen LogP contribution is 2.38. The van der Waals surface area contributed by atoms with Crippen LogP contribution in [0.3, 0.4) is 0 Å². The van der Waals surface area contributed by atoms with Crippen molar-refractivity contribution in [3.8, 4) is 0 Å². The minimum absolute atomic E-state index is 0.821. The smallest absolute Gasteiger partial charge is 0.0174 e. The third-order valence-electron chi connectivity index (χ3n) is 4.37. The number of rotatable bonds is 8. The average molecular weight is 303 g/mol. The van der Waals surface area contributed by atoms with E-state index < -0.39 is 0 Å². The van der Waals surface area contributed by atoms with Crippen LogP contribution >= 0.6 is 15.9 Å². The van der Waals surface area contributed by atoms with Gasteiger partial charge in [-0.05, 0) is 37.5 Å². The Bertz CT molecular complexity index is 178. The van der Waals surface area contributed by atoms with E-state index in [1.807, 2.05) is 0 Å². The van der Waals surface area contributed by atoms with E-state index in [1.165, 1.54) is 70.6 Å². The molecule has 0 amide bonds. The van der Waals surface area contributed by atoms with Crippen molar-refractivity contribution >= 4 is 15.9 Å². The normalized spacial score (nSPS) is 29.5. The SMILES string of the molecule is CCCCCCCC1CC(CCC)CCC1Br. The first kappa shape index (κ1) is 15.5. The first-order chi connectivity index (χ1) is 8.27. The fourth-order valence-corrected chi connectivity index (χ4v) is 4.05. The molecule has 1 rings (SSSR count). The zero-order chi connectivity index (χ0) is 12.5. The van der Waals surface area contributed by atoms with Crippen LogP contribution < -0.4 is 0 Å². The van der Waals surface area contributed by atoms with E-state index in [9.17, 15) is 0 Å². The van der Waals surface area contributed by atoms with Gasteiger partial charge in [-0.15, -0.1) is 0 Å². The maximum absolute atomic E-state index is 3.92. The van der Waals surface area contributed by atoms with Gasteiger partial charge in [-0.1, -0.05) is 74.7 Å². The Kier molecular flexibility index (Phi) is 8.61. The van der Waals surface area contributed by atoms with Gasteiger partial charge < -0.3 is 0 Å². The number of alkyl halides is 1. The summed E-state index contributed by atoms with van der Waals surface area (Å²) in [4.78, 5) is 0.821. The standard InChI is InChI=1S/C16H31Br/c1-3-5-6-7-8-10-15-13-14(9-4-2)11-12-16(15)17/h14-16H,3-13H2,1-2H3. The lowest BCUT2D eigenvalue weighted by Crippen LogP contribution is -2.25. The molecule has 1 fully saturated rings. The topological polar surface area (TPSA) is 0 Å². The summed E-state index contributed by atoms with van der Waals surface area (Å²) >= 11 is 3.92. The number of halogens is 1. The number of hydrogen-bond donors (Lipinski definition) is 0. The molecule has 1 aliphatic rings. The summed E-state index contributed by atoms with van der Waals surface area (Å²) in [5, 5.41) is 0. The fourth-order valence-electron chi connectivity index (χ4n) is 3.30. The Morgan fingerprint density at radius 2 is 1.65 bits per heavy atom. The van der Waals surface area contributed by atoms with E-state index in [4.69, 9.17) is 0 Å². The van der Waals surface area contributed by atoms with E-state index >= 15 is 0 Å². The molecule has 1 heteroatoms. The zero-order valence-corrected chi connectivity index (χ0v) is 13.5. The van der Waals surface area contributed by atoms with E-state index in [2.05, 4.69) is 29.8 Å². The molecule has 0 spiro atoms. The summed E-state index contributed by atoms with van der Waals surface area (Å²) in [6, 6.07) is 0. The van der Waals surface area contributed by atoms with Gasteiger partial charge >= 0.3 is 0 Å². The summed E-state index contributed by atoms with van der Waals surface area (Å²) in [6.45, 7) is 4.63. The van der Waals surface area contributed by atoms with Crippen molar-refractivity contribution in [3.05, 3.63) is 0 Å². The van der Waals surface area contributed by atoms with Gasteiger partial charge in [0.25, 0.3) is 0 Å². The molecule has 0 radical (unpaired) electrons. The predicted octanol–water partition coefficient (Wildman–Crippen LogP) is 6.33. The molecule has 3 atom stereocenters. The second-order valence-corrected chi connectivity index (χ2v) is 7.12. The van der Waals surface area contributed by atoms with Crippen LogP contribution in [0.15, 0.2) is 0 Å². The van der Waals surface area contributed by atoms with Crippen LogP contribution in [0.2, 0.25) is 0 Å². The summed E-state index contributed by atoms with van der Waals surface area (Å²) in [6.07, 6.45) is 15.9. The van der Waals surface area contributed by atoms with Crippen molar-refractivity contribution in [3.63, 3.8) is 0 Å². The minimum atomic E-state index is 0.821. The Morgan fingerprint density at radius 1 is 0.882 bits per heavy atom. The summed E-state index contributed by atoms with van der Waals surface area (Å²) in [7, 11) is 0. The second kappa shape index (κ2) is 9.42. The lowest BCUT2D eigenvalue weighted by molar-refractivity contribution is 0.249. The maximum atomic E-state index is 3.92. The van der Waals surface area contributed by atoms with Crippen molar-refractivity contribution in [2.24, 2.45) is 11.8 Å². The highest BCUT2D eigenvalue weighted by molar-refractivity contribution is 9.09. The maximum Gasteiger partial charge on any atom is 0.0174 e. The summed E-state index contributed by atoms with van der Waals surface area (Å²) in [5.74, 6) is 2.01. The van der Waals surface area contributed by atoms with Crippen LogP contribution in [0.1, 0.15) is 84.5 Å². The van der Waals surface area contributed by atoms with E-state index in [0.29, 0.717) is 0 Å². The van der Waals surface area contributed by atoms with Gasteiger partial charge in [0.2, 0.25) is 0 Å². The van der Waals surface area contributed by atoms with Crippen molar-refractivity contribution in [2.75, 3.05) is 0 Å². The first-order valence-electron chi connectivity index (χ1n) is 7.92. The van der Waals surface area contributed by atoms with Crippen LogP contribution in [0.25, 0.3) is 0 Å². The third-order valence-corrected chi connectivity index (χ3v) is 5.58. The minimum Gasteiger partial charge on any atom is -0.0888 e. The molecule has 0 aromatic heterocycles. The van der Waals surface area contributed by atoms with Crippen LogP contribution in [0.4, 0.5) is 0 Å². The molecule has 3 unspecified atom stereocenters. The molecule has 1 saturated carbocycles. The van der Waals surface area contributed by atoms with Crippen molar-refractivity contribution in [1.29, 1.82) is 0 Å². The first-order valence-corrected chi connectivity index (χ1v) is 8.83. The molecule has 102 valence electrons. The van der Waals surface area contributed by atoms with Crippen LogP contribution in [-0.4, -0.2) is 4.83 Å². The molecular formula is C16H31Br. The van der Waals surface area contributed by atoms with Gasteiger partial charge in [-0.25, -0.2) is 0 Å². The van der Waals surface area contributed by atoms with Gasteiger partial charge in [0.05, 0.1) is 0 Å². The fraction of sp³-hybridized carbons (Fsp3) is 1.00. The molecule has 0 aromatic rings. The Morgan fingerprint density at radius 3 is 2.35 bits per heavy atom. The molecule has 0 saturated heterocycles. The summed E-state index contributed by atoms with van der Waals surface area (Å²) in [5.41, 5.74) is 0. The monoisotopic (exact) mass is 302 g/mol. The van der Waals surface area contributed by atoms with Gasteiger partial charge in [0.1, 0.15) is 0 Å². The molecular weight excluding hydrogens is 272 g/mol.